The maximum atomic E-state index is 12.8. The fourth-order valence-electron chi connectivity index (χ4n) is 4.44. The fraction of sp³-hybridized carbons (Fsp3) is 0.320. The first-order valence-electron chi connectivity index (χ1n) is 11.0. The van der Waals surface area contributed by atoms with Gasteiger partial charge < -0.3 is 4.57 Å². The molecule has 0 saturated heterocycles. The summed E-state index contributed by atoms with van der Waals surface area (Å²) in [6, 6.07) is 13.5. The van der Waals surface area contributed by atoms with Crippen LogP contribution in [0.1, 0.15) is 42.5 Å². The molecule has 0 atom stereocenters. The first-order valence-corrected chi connectivity index (χ1v) is 11.0. The van der Waals surface area contributed by atoms with E-state index in [9.17, 15) is 13.2 Å². The van der Waals surface area contributed by atoms with E-state index in [1.165, 1.54) is 12.1 Å². The minimum absolute atomic E-state index is 0.305. The van der Waals surface area contributed by atoms with E-state index in [-0.39, 0.29) is 0 Å². The lowest BCUT2D eigenvalue weighted by Crippen LogP contribution is -2.32. The van der Waals surface area contributed by atoms with Crippen LogP contribution < -0.4 is 0 Å². The lowest BCUT2D eigenvalue weighted by Gasteiger charge is -2.28. The van der Waals surface area contributed by atoms with Crippen LogP contribution in [0.15, 0.2) is 54.7 Å². The molecule has 0 radical (unpaired) electrons. The Morgan fingerprint density at radius 3 is 2.48 bits per heavy atom. The lowest BCUT2D eigenvalue weighted by molar-refractivity contribution is -0.137. The Morgan fingerprint density at radius 1 is 1.00 bits per heavy atom. The number of benzene rings is 2. The Balaban J connectivity index is 1.35. The summed E-state index contributed by atoms with van der Waals surface area (Å²) in [5.41, 5.74) is 4.05. The molecular weight excluding hydrogens is 427 g/mol. The van der Waals surface area contributed by atoms with Gasteiger partial charge >= 0.3 is 6.18 Å². The third-order valence-corrected chi connectivity index (χ3v) is 6.03. The van der Waals surface area contributed by atoms with Crippen molar-refractivity contribution in [3.8, 4) is 11.4 Å². The molecule has 1 aliphatic heterocycles. The summed E-state index contributed by atoms with van der Waals surface area (Å²) in [5, 5.41) is 0. The molecular formula is C25H24F3N5. The van der Waals surface area contributed by atoms with Gasteiger partial charge in [0.05, 0.1) is 28.8 Å². The third kappa shape index (κ3) is 4.23. The molecule has 170 valence electrons. The standard InChI is InChI=1S/C25H24F3N5/c1-16(2)33-22-6-4-3-5-21(22)30-23(33)15-32-12-11-20-18(14-32)13-29-24(31-20)17-7-9-19(10-8-17)25(26,27)28/h3-10,13,16H,11-12,14-15H2,1-2H3. The number of halogens is 3. The van der Waals surface area contributed by atoms with Crippen molar-refractivity contribution in [2.24, 2.45) is 0 Å². The number of imidazole rings is 1. The molecule has 4 aromatic rings. The van der Waals surface area contributed by atoms with Crippen LogP contribution in [0.4, 0.5) is 13.2 Å². The van der Waals surface area contributed by atoms with Gasteiger partial charge in [-0.15, -0.1) is 0 Å². The summed E-state index contributed by atoms with van der Waals surface area (Å²) in [5.74, 6) is 1.49. The Bertz CT molecular complexity index is 1290. The van der Waals surface area contributed by atoms with E-state index in [0.29, 0.717) is 24.0 Å². The second kappa shape index (κ2) is 8.26. The van der Waals surface area contributed by atoms with Crippen molar-refractivity contribution < 1.29 is 13.2 Å². The number of fused-ring (bicyclic) bond motifs is 2. The molecule has 8 heteroatoms. The van der Waals surface area contributed by atoms with Crippen molar-refractivity contribution in [2.75, 3.05) is 6.54 Å². The maximum absolute atomic E-state index is 12.8. The number of nitrogens with zero attached hydrogens (tertiary/aromatic N) is 5. The number of rotatable bonds is 4. The van der Waals surface area contributed by atoms with Crippen LogP contribution >= 0.6 is 0 Å². The van der Waals surface area contributed by atoms with Gasteiger partial charge in [-0.1, -0.05) is 24.3 Å². The molecule has 5 nitrogen and oxygen atoms in total. The van der Waals surface area contributed by atoms with Crippen LogP contribution in [-0.4, -0.2) is 31.0 Å². The van der Waals surface area contributed by atoms with Crippen molar-refractivity contribution in [3.05, 3.63) is 77.4 Å². The second-order valence-corrected chi connectivity index (χ2v) is 8.68. The summed E-state index contributed by atoms with van der Waals surface area (Å²) < 4.78 is 40.8. The molecule has 33 heavy (non-hydrogen) atoms. The molecule has 0 saturated carbocycles. The summed E-state index contributed by atoms with van der Waals surface area (Å²) in [7, 11) is 0. The van der Waals surface area contributed by atoms with Crippen LogP contribution in [-0.2, 0) is 25.7 Å². The average Bonchev–Trinajstić information content (AvgIpc) is 3.16. The van der Waals surface area contributed by atoms with Crippen molar-refractivity contribution >= 4 is 11.0 Å². The van der Waals surface area contributed by atoms with Crippen LogP contribution in [0.3, 0.4) is 0 Å². The number of aromatic nitrogens is 4. The minimum atomic E-state index is -4.35. The van der Waals surface area contributed by atoms with Crippen LogP contribution in [0, 0.1) is 0 Å². The van der Waals surface area contributed by atoms with E-state index in [1.807, 2.05) is 18.2 Å². The van der Waals surface area contributed by atoms with Gasteiger partial charge in [-0.25, -0.2) is 15.0 Å². The van der Waals surface area contributed by atoms with Gasteiger partial charge in [0, 0.05) is 42.9 Å². The predicted octanol–water partition coefficient (Wildman–Crippen LogP) is 5.65. The molecule has 0 N–H and O–H groups in total. The highest BCUT2D eigenvalue weighted by molar-refractivity contribution is 5.76. The highest BCUT2D eigenvalue weighted by atomic mass is 19.4. The van der Waals surface area contributed by atoms with Gasteiger partial charge in [-0.2, -0.15) is 13.2 Å². The van der Waals surface area contributed by atoms with Crippen LogP contribution in [0.5, 0.6) is 0 Å². The monoisotopic (exact) mass is 451 g/mol. The van der Waals surface area contributed by atoms with E-state index < -0.39 is 11.7 Å². The van der Waals surface area contributed by atoms with E-state index in [1.54, 1.807) is 6.20 Å². The second-order valence-electron chi connectivity index (χ2n) is 8.68. The molecule has 5 rings (SSSR count). The lowest BCUT2D eigenvalue weighted by atomic mass is 10.1. The molecule has 0 aliphatic carbocycles. The van der Waals surface area contributed by atoms with E-state index in [2.05, 4.69) is 39.3 Å². The summed E-state index contributed by atoms with van der Waals surface area (Å²) in [6.07, 6.45) is -1.80. The molecule has 2 aromatic heterocycles. The Kier molecular flexibility index (Phi) is 5.40. The van der Waals surface area contributed by atoms with Crippen molar-refractivity contribution in [1.82, 2.24) is 24.4 Å². The van der Waals surface area contributed by atoms with E-state index >= 15 is 0 Å². The van der Waals surface area contributed by atoms with Gasteiger partial charge in [0.25, 0.3) is 0 Å². The van der Waals surface area contributed by atoms with Crippen molar-refractivity contribution in [1.29, 1.82) is 0 Å². The molecule has 0 amide bonds. The summed E-state index contributed by atoms with van der Waals surface area (Å²) >= 11 is 0. The molecule has 0 fully saturated rings. The zero-order valence-corrected chi connectivity index (χ0v) is 18.5. The fourth-order valence-corrected chi connectivity index (χ4v) is 4.44. The van der Waals surface area contributed by atoms with E-state index in [4.69, 9.17) is 4.98 Å². The average molecular weight is 451 g/mol. The molecule has 0 spiro atoms. The van der Waals surface area contributed by atoms with Gasteiger partial charge in [-0.3, -0.25) is 4.90 Å². The Hall–Kier alpha value is -3.26. The number of hydrogen-bond donors (Lipinski definition) is 0. The zero-order chi connectivity index (χ0) is 23.2. The molecule has 3 heterocycles. The molecule has 0 bridgehead atoms. The van der Waals surface area contributed by atoms with Gasteiger partial charge in [0.2, 0.25) is 0 Å². The highest BCUT2D eigenvalue weighted by Crippen LogP contribution is 2.31. The number of hydrogen-bond acceptors (Lipinski definition) is 4. The van der Waals surface area contributed by atoms with E-state index in [0.717, 1.165) is 59.8 Å². The first kappa shape index (κ1) is 21.6. The van der Waals surface area contributed by atoms with Gasteiger partial charge in [0.15, 0.2) is 5.82 Å². The quantitative estimate of drug-likeness (QED) is 0.402. The summed E-state index contributed by atoms with van der Waals surface area (Å²) in [6.45, 7) is 6.61. The smallest absolute Gasteiger partial charge is 0.324 e. The number of para-hydroxylation sites is 2. The third-order valence-electron chi connectivity index (χ3n) is 6.03. The normalized spacial score (nSPS) is 14.7. The largest absolute Gasteiger partial charge is 0.416 e. The zero-order valence-electron chi connectivity index (χ0n) is 18.5. The van der Waals surface area contributed by atoms with Crippen molar-refractivity contribution in [3.63, 3.8) is 0 Å². The first-order chi connectivity index (χ1) is 15.8. The Labute approximate surface area is 189 Å². The van der Waals surface area contributed by atoms with Crippen LogP contribution in [0.2, 0.25) is 0 Å². The molecule has 2 aromatic carbocycles. The minimum Gasteiger partial charge on any atom is -0.324 e. The molecule has 0 unspecified atom stereocenters. The highest BCUT2D eigenvalue weighted by Gasteiger charge is 2.30. The van der Waals surface area contributed by atoms with Crippen molar-refractivity contribution in [2.45, 2.75) is 45.6 Å². The molecule has 1 aliphatic rings. The summed E-state index contributed by atoms with van der Waals surface area (Å²) in [4.78, 5) is 16.3. The SMILES string of the molecule is CC(C)n1c(CN2CCc3nc(-c4ccc(C(F)(F)F)cc4)ncc3C2)nc2ccccc21. The topological polar surface area (TPSA) is 46.8 Å². The Morgan fingerprint density at radius 2 is 1.76 bits per heavy atom. The van der Waals surface area contributed by atoms with Crippen LogP contribution in [0.25, 0.3) is 22.4 Å². The number of alkyl halides is 3. The van der Waals surface area contributed by atoms with Gasteiger partial charge in [0.1, 0.15) is 5.82 Å². The van der Waals surface area contributed by atoms with Gasteiger partial charge in [-0.05, 0) is 38.1 Å². The predicted molar refractivity (Wildman–Crippen MR) is 120 cm³/mol. The maximum Gasteiger partial charge on any atom is 0.416 e.